The van der Waals surface area contributed by atoms with E-state index in [2.05, 4.69) is 6.92 Å². The molecule has 1 aliphatic rings. The van der Waals surface area contributed by atoms with Crippen molar-refractivity contribution in [3.8, 4) is 0 Å². The lowest BCUT2D eigenvalue weighted by molar-refractivity contribution is -0.122. The molecular formula is C24H31NO3S. The van der Waals surface area contributed by atoms with Crippen LogP contribution in [0.5, 0.6) is 0 Å². The molecule has 0 radical (unpaired) electrons. The van der Waals surface area contributed by atoms with Crippen LogP contribution in [0, 0.1) is 12.8 Å². The largest absolute Gasteiger partial charge is 0.273 e. The molecule has 0 atom stereocenters. The summed E-state index contributed by atoms with van der Waals surface area (Å²) in [6.07, 6.45) is 7.73. The first kappa shape index (κ1) is 21.6. The van der Waals surface area contributed by atoms with Crippen LogP contribution in [-0.2, 0) is 21.2 Å². The minimum Gasteiger partial charge on any atom is -0.273 e. The van der Waals surface area contributed by atoms with Gasteiger partial charge in [-0.3, -0.25) is 4.79 Å². The normalized spacial score (nSPS) is 15.2. The molecule has 29 heavy (non-hydrogen) atoms. The van der Waals surface area contributed by atoms with Crippen molar-refractivity contribution in [2.24, 2.45) is 5.92 Å². The highest BCUT2D eigenvalue weighted by Gasteiger charge is 2.35. The number of unbranched alkanes of at least 4 members (excludes halogenated alkanes) is 1. The monoisotopic (exact) mass is 413 g/mol. The van der Waals surface area contributed by atoms with E-state index >= 15 is 0 Å². The molecule has 2 aromatic rings. The van der Waals surface area contributed by atoms with Crippen LogP contribution in [0.3, 0.4) is 0 Å². The summed E-state index contributed by atoms with van der Waals surface area (Å²) in [5, 5.41) is 0. The van der Waals surface area contributed by atoms with Crippen molar-refractivity contribution in [2.75, 3.05) is 4.31 Å². The number of hydrogen-bond donors (Lipinski definition) is 0. The van der Waals surface area contributed by atoms with Gasteiger partial charge in [-0.25, -0.2) is 12.7 Å². The van der Waals surface area contributed by atoms with Gasteiger partial charge in [-0.2, -0.15) is 0 Å². The molecule has 4 nitrogen and oxygen atoms in total. The Balaban J connectivity index is 1.99. The van der Waals surface area contributed by atoms with Crippen LogP contribution in [-0.4, -0.2) is 14.3 Å². The Labute approximate surface area is 175 Å². The van der Waals surface area contributed by atoms with Crippen molar-refractivity contribution in [3.63, 3.8) is 0 Å². The zero-order valence-electron chi connectivity index (χ0n) is 17.4. The molecule has 0 spiro atoms. The Morgan fingerprint density at radius 1 is 0.966 bits per heavy atom. The average molecular weight is 414 g/mol. The number of nitrogens with zero attached hydrogens (tertiary/aromatic N) is 1. The second-order valence-electron chi connectivity index (χ2n) is 8.03. The van der Waals surface area contributed by atoms with Gasteiger partial charge in [-0.05, 0) is 62.4 Å². The molecule has 0 heterocycles. The number of rotatable bonds is 7. The summed E-state index contributed by atoms with van der Waals surface area (Å²) in [5.74, 6) is -0.532. The maximum absolute atomic E-state index is 13.5. The molecule has 1 aliphatic carbocycles. The van der Waals surface area contributed by atoms with Crippen LogP contribution in [0.2, 0.25) is 0 Å². The van der Waals surface area contributed by atoms with E-state index in [0.717, 1.165) is 66.8 Å². The van der Waals surface area contributed by atoms with E-state index in [0.29, 0.717) is 5.69 Å². The number of hydrogen-bond acceptors (Lipinski definition) is 3. The van der Waals surface area contributed by atoms with Gasteiger partial charge in [0.05, 0.1) is 10.6 Å². The molecule has 1 saturated carbocycles. The van der Waals surface area contributed by atoms with E-state index in [1.165, 1.54) is 0 Å². The van der Waals surface area contributed by atoms with Crippen molar-refractivity contribution in [2.45, 2.75) is 70.1 Å². The minimum absolute atomic E-state index is 0.155. The predicted octanol–water partition coefficient (Wildman–Crippen LogP) is 5.64. The van der Waals surface area contributed by atoms with Gasteiger partial charge in [-0.15, -0.1) is 0 Å². The molecule has 0 N–H and O–H groups in total. The number of carbonyl (C=O) groups is 1. The average Bonchev–Trinajstić information content (AvgIpc) is 2.74. The van der Waals surface area contributed by atoms with Crippen LogP contribution in [0.15, 0.2) is 53.4 Å². The molecule has 2 aromatic carbocycles. The second kappa shape index (κ2) is 9.57. The minimum atomic E-state index is -3.97. The molecule has 0 saturated heterocycles. The van der Waals surface area contributed by atoms with Gasteiger partial charge in [0.2, 0.25) is 5.91 Å². The Morgan fingerprint density at radius 3 is 2.17 bits per heavy atom. The summed E-state index contributed by atoms with van der Waals surface area (Å²) < 4.78 is 28.0. The summed E-state index contributed by atoms with van der Waals surface area (Å²) in [6, 6.07) is 14.1. The van der Waals surface area contributed by atoms with Crippen molar-refractivity contribution in [1.82, 2.24) is 0 Å². The quantitative estimate of drug-likeness (QED) is 0.590. The van der Waals surface area contributed by atoms with E-state index in [4.69, 9.17) is 0 Å². The van der Waals surface area contributed by atoms with Crippen LogP contribution >= 0.6 is 0 Å². The summed E-state index contributed by atoms with van der Waals surface area (Å²) in [4.78, 5) is 13.5. The molecule has 0 aliphatic heterocycles. The molecule has 1 amide bonds. The summed E-state index contributed by atoms with van der Waals surface area (Å²) >= 11 is 0. The highest BCUT2D eigenvalue weighted by atomic mass is 32.2. The molecule has 0 bridgehead atoms. The maximum atomic E-state index is 13.5. The smallest absolute Gasteiger partial charge is 0.270 e. The third-order valence-electron chi connectivity index (χ3n) is 5.70. The number of anilines is 1. The first-order chi connectivity index (χ1) is 13.9. The zero-order valence-corrected chi connectivity index (χ0v) is 18.2. The van der Waals surface area contributed by atoms with Crippen molar-refractivity contribution < 1.29 is 13.2 Å². The summed E-state index contributed by atoms with van der Waals surface area (Å²) in [5.41, 5.74) is 2.57. The second-order valence-corrected chi connectivity index (χ2v) is 9.81. The van der Waals surface area contributed by atoms with Crippen LogP contribution in [0.1, 0.15) is 63.0 Å². The maximum Gasteiger partial charge on any atom is 0.270 e. The van der Waals surface area contributed by atoms with E-state index in [-0.39, 0.29) is 16.7 Å². The third-order valence-corrected chi connectivity index (χ3v) is 7.44. The zero-order chi connectivity index (χ0) is 20.9. The molecule has 0 unspecified atom stereocenters. The van der Waals surface area contributed by atoms with Gasteiger partial charge in [0.25, 0.3) is 10.0 Å². The van der Waals surface area contributed by atoms with Crippen LogP contribution in [0.4, 0.5) is 5.69 Å². The lowest BCUT2D eigenvalue weighted by Crippen LogP contribution is -2.41. The molecule has 1 fully saturated rings. The topological polar surface area (TPSA) is 54.5 Å². The number of carbonyl (C=O) groups excluding carboxylic acids is 1. The fourth-order valence-corrected chi connectivity index (χ4v) is 5.37. The van der Waals surface area contributed by atoms with Gasteiger partial charge in [-0.1, -0.05) is 62.4 Å². The van der Waals surface area contributed by atoms with Gasteiger partial charge < -0.3 is 0 Å². The molecule has 156 valence electrons. The standard InChI is InChI=1S/C24H31NO3S/c1-3-4-8-20-13-15-22(16-14-20)25(24(26)21-9-6-5-7-10-21)29(27,28)23-17-11-19(2)12-18-23/h11-18,21H,3-10H2,1-2H3. The van der Waals surface area contributed by atoms with Crippen LogP contribution < -0.4 is 4.31 Å². The molecule has 5 heteroatoms. The third kappa shape index (κ3) is 5.08. The van der Waals surface area contributed by atoms with Crippen molar-refractivity contribution in [1.29, 1.82) is 0 Å². The van der Waals surface area contributed by atoms with Gasteiger partial charge in [0.15, 0.2) is 0 Å². The number of benzene rings is 2. The highest BCUT2D eigenvalue weighted by molar-refractivity contribution is 7.93. The van der Waals surface area contributed by atoms with Crippen LogP contribution in [0.25, 0.3) is 0 Å². The van der Waals surface area contributed by atoms with E-state index < -0.39 is 10.0 Å². The first-order valence-electron chi connectivity index (χ1n) is 10.7. The van der Waals surface area contributed by atoms with Gasteiger partial charge in [0, 0.05) is 5.92 Å². The van der Waals surface area contributed by atoms with Gasteiger partial charge >= 0.3 is 0 Å². The SMILES string of the molecule is CCCCc1ccc(N(C(=O)C2CCCCC2)S(=O)(=O)c2ccc(C)cc2)cc1. The predicted molar refractivity (Wildman–Crippen MR) is 117 cm³/mol. The fourth-order valence-electron chi connectivity index (χ4n) is 3.89. The van der Waals surface area contributed by atoms with E-state index in [9.17, 15) is 13.2 Å². The lowest BCUT2D eigenvalue weighted by Gasteiger charge is -2.29. The van der Waals surface area contributed by atoms with Crippen molar-refractivity contribution in [3.05, 3.63) is 59.7 Å². The van der Waals surface area contributed by atoms with E-state index in [1.807, 2.05) is 19.1 Å². The number of aryl methyl sites for hydroxylation is 2. The summed E-state index contributed by atoms with van der Waals surface area (Å²) in [6.45, 7) is 4.06. The highest BCUT2D eigenvalue weighted by Crippen LogP contribution is 2.31. The Kier molecular flexibility index (Phi) is 7.12. The molecule has 3 rings (SSSR count). The van der Waals surface area contributed by atoms with Crippen molar-refractivity contribution >= 4 is 21.6 Å². The van der Waals surface area contributed by atoms with Gasteiger partial charge in [0.1, 0.15) is 0 Å². The molecular weight excluding hydrogens is 382 g/mol. The van der Waals surface area contributed by atoms with E-state index in [1.54, 1.807) is 36.4 Å². The summed E-state index contributed by atoms with van der Waals surface area (Å²) in [7, 11) is -3.97. The Bertz CT molecular complexity index is 912. The number of amides is 1. The molecule has 0 aromatic heterocycles. The Morgan fingerprint density at radius 2 is 1.59 bits per heavy atom. The fraction of sp³-hybridized carbons (Fsp3) is 0.458. The number of sulfonamides is 1. The first-order valence-corrected chi connectivity index (χ1v) is 12.1. The lowest BCUT2D eigenvalue weighted by atomic mass is 9.88. The Hall–Kier alpha value is -2.14.